The van der Waals surface area contributed by atoms with Gasteiger partial charge in [-0.05, 0) is 47.0 Å². The first-order valence-corrected chi connectivity index (χ1v) is 11.7. The Bertz CT molecular complexity index is 1300. The van der Waals surface area contributed by atoms with Crippen molar-refractivity contribution in [1.82, 2.24) is 0 Å². The quantitative estimate of drug-likeness (QED) is 0.313. The minimum Gasteiger partial charge on any atom is -0.508 e. The number of carbonyl (C=O) groups is 1. The van der Waals surface area contributed by atoms with Gasteiger partial charge in [0.25, 0.3) is 5.52 Å². The molecule has 6 nitrogen and oxygen atoms in total. The van der Waals surface area contributed by atoms with Crippen LogP contribution in [0.4, 0.5) is 0 Å². The SMILES string of the molecule is O=C(c1ccc(O)c(C(Oc2ccc(-c3ccccc3)cc2)c2ccccc2)c1)P(=O)(O)O. The monoisotopic (exact) mass is 460 g/mol. The van der Waals surface area contributed by atoms with Crippen LogP contribution in [-0.4, -0.2) is 20.4 Å². The number of rotatable bonds is 7. The van der Waals surface area contributed by atoms with Crippen LogP contribution in [0.5, 0.6) is 11.5 Å². The van der Waals surface area contributed by atoms with Crippen LogP contribution in [0.3, 0.4) is 0 Å². The first kappa shape index (κ1) is 22.5. The highest BCUT2D eigenvalue weighted by Crippen LogP contribution is 2.41. The predicted molar refractivity (Wildman–Crippen MR) is 125 cm³/mol. The molecule has 0 spiro atoms. The zero-order valence-electron chi connectivity index (χ0n) is 17.4. The summed E-state index contributed by atoms with van der Waals surface area (Å²) >= 11 is 0. The molecule has 0 aliphatic rings. The Hall–Kier alpha value is -3.70. The molecule has 0 aliphatic carbocycles. The normalized spacial score (nSPS) is 12.2. The molecule has 1 atom stereocenters. The van der Waals surface area contributed by atoms with Gasteiger partial charge in [-0.3, -0.25) is 9.36 Å². The van der Waals surface area contributed by atoms with Crippen LogP contribution in [0.1, 0.15) is 27.6 Å². The number of benzene rings is 4. The second-order valence-corrected chi connectivity index (χ2v) is 8.92. The molecule has 0 aromatic heterocycles. The number of hydrogen-bond donors (Lipinski definition) is 3. The van der Waals surface area contributed by atoms with Gasteiger partial charge in [-0.15, -0.1) is 0 Å². The van der Waals surface area contributed by atoms with E-state index in [2.05, 4.69) is 0 Å². The molecule has 0 aliphatic heterocycles. The molecular weight excluding hydrogens is 439 g/mol. The van der Waals surface area contributed by atoms with E-state index in [-0.39, 0.29) is 16.9 Å². The summed E-state index contributed by atoms with van der Waals surface area (Å²) in [6.45, 7) is 0. The van der Waals surface area contributed by atoms with Gasteiger partial charge in [-0.2, -0.15) is 0 Å². The minimum atomic E-state index is -4.98. The third-order valence-electron chi connectivity index (χ3n) is 5.14. The van der Waals surface area contributed by atoms with Crippen molar-refractivity contribution in [2.45, 2.75) is 6.10 Å². The molecule has 4 aromatic carbocycles. The molecule has 1 unspecified atom stereocenters. The summed E-state index contributed by atoms with van der Waals surface area (Å²) in [5.41, 5.74) is 1.46. The smallest absolute Gasteiger partial charge is 0.396 e. The highest BCUT2D eigenvalue weighted by Gasteiger charge is 2.29. The van der Waals surface area contributed by atoms with Crippen LogP contribution in [-0.2, 0) is 4.57 Å². The van der Waals surface area contributed by atoms with Gasteiger partial charge >= 0.3 is 7.60 Å². The van der Waals surface area contributed by atoms with Crippen molar-refractivity contribution in [2.75, 3.05) is 0 Å². The van der Waals surface area contributed by atoms with E-state index < -0.39 is 19.2 Å². The van der Waals surface area contributed by atoms with Gasteiger partial charge in [0.05, 0.1) is 0 Å². The van der Waals surface area contributed by atoms with E-state index in [9.17, 15) is 24.3 Å². The Morgan fingerprint density at radius 1 is 0.758 bits per heavy atom. The topological polar surface area (TPSA) is 104 Å². The van der Waals surface area contributed by atoms with E-state index >= 15 is 0 Å². The van der Waals surface area contributed by atoms with E-state index in [1.807, 2.05) is 60.7 Å². The number of aromatic hydroxyl groups is 1. The van der Waals surface area contributed by atoms with E-state index in [4.69, 9.17) is 4.74 Å². The van der Waals surface area contributed by atoms with Crippen molar-refractivity contribution in [3.05, 3.63) is 120 Å². The molecular formula is C26H21O6P. The van der Waals surface area contributed by atoms with Gasteiger partial charge in [0, 0.05) is 11.1 Å². The highest BCUT2D eigenvalue weighted by molar-refractivity contribution is 7.70. The summed E-state index contributed by atoms with van der Waals surface area (Å²) in [5, 5.41) is 10.5. The zero-order valence-corrected chi connectivity index (χ0v) is 18.3. The first-order chi connectivity index (χ1) is 15.8. The molecule has 3 N–H and O–H groups in total. The van der Waals surface area contributed by atoms with Gasteiger partial charge in [-0.1, -0.05) is 72.8 Å². The number of phenols is 1. The highest BCUT2D eigenvalue weighted by atomic mass is 31.2. The van der Waals surface area contributed by atoms with Crippen molar-refractivity contribution in [3.8, 4) is 22.6 Å². The molecule has 4 aromatic rings. The first-order valence-electron chi connectivity index (χ1n) is 10.1. The molecule has 0 saturated heterocycles. The number of carbonyl (C=O) groups excluding carboxylic acids is 1. The Morgan fingerprint density at radius 2 is 1.33 bits per heavy atom. The average molecular weight is 460 g/mol. The van der Waals surface area contributed by atoms with Crippen molar-refractivity contribution in [3.63, 3.8) is 0 Å². The fourth-order valence-corrected chi connectivity index (χ4v) is 3.97. The van der Waals surface area contributed by atoms with Crippen molar-refractivity contribution < 1.29 is 29.0 Å². The van der Waals surface area contributed by atoms with E-state index in [0.717, 1.165) is 11.1 Å². The number of ether oxygens (including phenoxy) is 1. The summed E-state index contributed by atoms with van der Waals surface area (Å²) in [4.78, 5) is 30.7. The third-order valence-corrected chi connectivity index (χ3v) is 5.93. The third kappa shape index (κ3) is 5.21. The summed E-state index contributed by atoms with van der Waals surface area (Å²) in [5.74, 6) is 0.363. The maximum atomic E-state index is 12.1. The summed E-state index contributed by atoms with van der Waals surface area (Å²) in [7, 11) is -4.98. The molecule has 0 fully saturated rings. The number of hydrogen-bond acceptors (Lipinski definition) is 4. The van der Waals surface area contributed by atoms with Crippen LogP contribution in [0.25, 0.3) is 11.1 Å². The Kier molecular flexibility index (Phi) is 6.43. The largest absolute Gasteiger partial charge is 0.508 e. The Morgan fingerprint density at radius 3 is 1.94 bits per heavy atom. The van der Waals surface area contributed by atoms with Crippen LogP contribution in [0, 0.1) is 0 Å². The Balaban J connectivity index is 1.72. The van der Waals surface area contributed by atoms with E-state index in [0.29, 0.717) is 11.3 Å². The minimum absolute atomic E-state index is 0.160. The molecule has 0 saturated carbocycles. The van der Waals surface area contributed by atoms with E-state index in [1.165, 1.54) is 18.2 Å². The summed E-state index contributed by atoms with van der Waals surface area (Å²) in [6, 6.07) is 30.1. The summed E-state index contributed by atoms with van der Waals surface area (Å²) < 4.78 is 17.7. The lowest BCUT2D eigenvalue weighted by molar-refractivity contribution is 0.104. The lowest BCUT2D eigenvalue weighted by atomic mass is 9.98. The molecule has 7 heteroatoms. The number of phenolic OH excluding ortho intramolecular Hbond substituents is 1. The molecule has 166 valence electrons. The van der Waals surface area contributed by atoms with Gasteiger partial charge in [0.15, 0.2) is 6.10 Å². The standard InChI is InChI=1S/C26H21O6P/c27-24-16-13-21(26(28)33(29,30)31)17-23(24)25(20-9-5-2-6-10-20)32-22-14-11-19(12-15-22)18-7-3-1-4-8-18/h1-17,25,27H,(H2,29,30,31). The van der Waals surface area contributed by atoms with Gasteiger partial charge in [0.1, 0.15) is 11.5 Å². The van der Waals surface area contributed by atoms with Crippen LogP contribution < -0.4 is 4.74 Å². The lowest BCUT2D eigenvalue weighted by Gasteiger charge is -2.22. The van der Waals surface area contributed by atoms with Crippen molar-refractivity contribution in [2.24, 2.45) is 0 Å². The van der Waals surface area contributed by atoms with Crippen molar-refractivity contribution in [1.29, 1.82) is 0 Å². The molecule has 33 heavy (non-hydrogen) atoms. The van der Waals surface area contributed by atoms with Gasteiger partial charge in [0.2, 0.25) is 0 Å². The van der Waals surface area contributed by atoms with Crippen molar-refractivity contribution >= 4 is 13.1 Å². The van der Waals surface area contributed by atoms with Gasteiger partial charge in [-0.25, -0.2) is 0 Å². The van der Waals surface area contributed by atoms with E-state index in [1.54, 1.807) is 24.3 Å². The average Bonchev–Trinajstić information content (AvgIpc) is 2.83. The molecule has 0 bridgehead atoms. The molecule has 0 radical (unpaired) electrons. The predicted octanol–water partition coefficient (Wildman–Crippen LogP) is 5.55. The molecule has 0 heterocycles. The second-order valence-electron chi connectivity index (χ2n) is 7.42. The summed E-state index contributed by atoms with van der Waals surface area (Å²) in [6.07, 6.45) is -0.821. The van der Waals surface area contributed by atoms with Crippen LogP contribution in [0.15, 0.2) is 103 Å². The maximum Gasteiger partial charge on any atom is 0.396 e. The van der Waals surface area contributed by atoms with Crippen LogP contribution >= 0.6 is 7.60 Å². The zero-order chi connectivity index (χ0) is 23.4. The maximum absolute atomic E-state index is 12.1. The molecule has 4 rings (SSSR count). The Labute approximate surface area is 190 Å². The molecule has 0 amide bonds. The van der Waals surface area contributed by atoms with Crippen LogP contribution in [0.2, 0.25) is 0 Å². The lowest BCUT2D eigenvalue weighted by Crippen LogP contribution is -2.11. The van der Waals surface area contributed by atoms with Gasteiger partial charge < -0.3 is 19.6 Å². The fraction of sp³-hybridized carbons (Fsp3) is 0.0385. The second kappa shape index (κ2) is 9.43. The fourth-order valence-electron chi connectivity index (χ4n) is 3.50.